The summed E-state index contributed by atoms with van der Waals surface area (Å²) in [6.07, 6.45) is 7.08. The van der Waals surface area contributed by atoms with Gasteiger partial charge in [-0.3, -0.25) is 0 Å². The highest BCUT2D eigenvalue weighted by Crippen LogP contribution is 2.57. The second kappa shape index (κ2) is 5.92. The molecular weight excluding hydrogens is 278 g/mol. The van der Waals surface area contributed by atoms with E-state index >= 15 is 0 Å². The Hall–Kier alpha value is -0.820. The van der Waals surface area contributed by atoms with Gasteiger partial charge < -0.3 is 5.32 Å². The van der Waals surface area contributed by atoms with Crippen LogP contribution in [0.3, 0.4) is 0 Å². The highest BCUT2D eigenvalue weighted by molar-refractivity contribution is 5.37. The maximum atomic E-state index is 3.72. The summed E-state index contributed by atoms with van der Waals surface area (Å²) in [6, 6.07) is 8.03. The van der Waals surface area contributed by atoms with Gasteiger partial charge in [0.25, 0.3) is 0 Å². The van der Waals surface area contributed by atoms with Gasteiger partial charge in [0, 0.05) is 6.04 Å². The third kappa shape index (κ3) is 2.47. The zero-order chi connectivity index (χ0) is 16.1. The van der Waals surface area contributed by atoms with Crippen LogP contribution in [0.1, 0.15) is 62.1 Å². The fourth-order valence-electron chi connectivity index (χ4n) is 6.54. The molecule has 3 aliphatic carbocycles. The average molecular weight is 312 g/mol. The maximum Gasteiger partial charge on any atom is 0.0126 e. The Balaban J connectivity index is 1.63. The highest BCUT2D eigenvalue weighted by atomic mass is 14.9. The Kier molecular flexibility index (Phi) is 4.04. The van der Waals surface area contributed by atoms with Crippen molar-refractivity contribution in [1.29, 1.82) is 0 Å². The molecule has 0 bridgehead atoms. The quantitative estimate of drug-likeness (QED) is 0.816. The van der Waals surface area contributed by atoms with Gasteiger partial charge in [-0.2, -0.15) is 0 Å². The molecule has 2 fully saturated rings. The molecule has 1 aromatic carbocycles. The zero-order valence-electron chi connectivity index (χ0n) is 15.3. The summed E-state index contributed by atoms with van der Waals surface area (Å²) in [5.74, 6) is 5.39. The van der Waals surface area contributed by atoms with Crippen LogP contribution >= 0.6 is 0 Å². The first-order valence-corrected chi connectivity index (χ1v) is 9.86. The molecule has 0 saturated heterocycles. The van der Waals surface area contributed by atoms with E-state index < -0.39 is 0 Å². The molecule has 0 aromatic heterocycles. The Bertz CT molecular complexity index is 575. The molecule has 0 aliphatic heterocycles. The minimum absolute atomic E-state index is 0.764. The van der Waals surface area contributed by atoms with Crippen LogP contribution in [0.4, 0.5) is 0 Å². The molecule has 0 amide bonds. The van der Waals surface area contributed by atoms with E-state index in [2.05, 4.69) is 51.3 Å². The van der Waals surface area contributed by atoms with Crippen LogP contribution in [0.5, 0.6) is 0 Å². The van der Waals surface area contributed by atoms with Gasteiger partial charge in [0.2, 0.25) is 0 Å². The lowest BCUT2D eigenvalue weighted by Crippen LogP contribution is -2.42. The second-order valence-electron chi connectivity index (χ2n) is 8.87. The molecule has 2 saturated carbocycles. The smallest absolute Gasteiger partial charge is 0.0126 e. The molecule has 4 rings (SSSR count). The molecule has 0 heterocycles. The summed E-state index contributed by atoms with van der Waals surface area (Å²) in [6.45, 7) is 7.11. The monoisotopic (exact) mass is 311 g/mol. The summed E-state index contributed by atoms with van der Waals surface area (Å²) in [4.78, 5) is 0. The minimum atomic E-state index is 0.764. The van der Waals surface area contributed by atoms with Gasteiger partial charge in [-0.25, -0.2) is 0 Å². The fraction of sp³-hybridized carbons (Fsp3) is 0.727. The molecule has 0 spiro atoms. The SMILES string of the molecule is CNC1C(C(C)C)C[C@H]2[C@@H]3CCc4cc(C)ccc4[C@H]3CC[C@H]12. The lowest BCUT2D eigenvalue weighted by Gasteiger charge is -2.45. The number of nitrogens with one attached hydrogen (secondary N) is 1. The van der Waals surface area contributed by atoms with E-state index in [0.717, 1.165) is 41.5 Å². The van der Waals surface area contributed by atoms with Gasteiger partial charge in [-0.1, -0.05) is 37.6 Å². The van der Waals surface area contributed by atoms with Crippen molar-refractivity contribution in [3.8, 4) is 0 Å². The molecular formula is C22H33N. The lowest BCUT2D eigenvalue weighted by molar-refractivity contribution is 0.125. The van der Waals surface area contributed by atoms with E-state index in [1.807, 2.05) is 0 Å². The van der Waals surface area contributed by atoms with Crippen molar-refractivity contribution in [2.75, 3.05) is 7.05 Å². The molecule has 3 aliphatic rings. The predicted molar refractivity (Wildman–Crippen MR) is 97.7 cm³/mol. The van der Waals surface area contributed by atoms with Gasteiger partial charge in [-0.05, 0) is 92.7 Å². The van der Waals surface area contributed by atoms with Gasteiger partial charge in [0.1, 0.15) is 0 Å². The molecule has 1 heteroatoms. The largest absolute Gasteiger partial charge is 0.316 e. The molecule has 126 valence electrons. The van der Waals surface area contributed by atoms with E-state index in [4.69, 9.17) is 0 Å². The van der Waals surface area contributed by atoms with E-state index in [0.29, 0.717) is 0 Å². The molecule has 2 unspecified atom stereocenters. The van der Waals surface area contributed by atoms with E-state index in [-0.39, 0.29) is 0 Å². The fourth-order valence-corrected chi connectivity index (χ4v) is 6.54. The Morgan fingerprint density at radius 3 is 2.61 bits per heavy atom. The number of hydrogen-bond donors (Lipinski definition) is 1. The third-order valence-corrected chi connectivity index (χ3v) is 7.53. The van der Waals surface area contributed by atoms with Crippen molar-refractivity contribution in [1.82, 2.24) is 5.32 Å². The Morgan fingerprint density at radius 1 is 1.04 bits per heavy atom. The van der Waals surface area contributed by atoms with Crippen LogP contribution in [0.15, 0.2) is 18.2 Å². The topological polar surface area (TPSA) is 12.0 Å². The number of aryl methyl sites for hydroxylation is 2. The van der Waals surface area contributed by atoms with Crippen LogP contribution < -0.4 is 5.32 Å². The average Bonchev–Trinajstić information content (AvgIpc) is 2.93. The number of fused-ring (bicyclic) bond motifs is 5. The van der Waals surface area contributed by atoms with Gasteiger partial charge in [0.05, 0.1) is 0 Å². The Labute approximate surface area is 142 Å². The molecule has 1 aromatic rings. The summed E-state index contributed by atoms with van der Waals surface area (Å²) in [7, 11) is 2.20. The summed E-state index contributed by atoms with van der Waals surface area (Å²) < 4.78 is 0. The summed E-state index contributed by atoms with van der Waals surface area (Å²) >= 11 is 0. The Morgan fingerprint density at radius 2 is 1.87 bits per heavy atom. The molecule has 1 nitrogen and oxygen atoms in total. The minimum Gasteiger partial charge on any atom is -0.316 e. The standard InChI is InChI=1S/C22H33N/c1-13(2)20-12-21-18-8-6-15-11-14(3)5-7-16(15)17(18)9-10-19(21)22(20)23-4/h5,7,11,13,17-23H,6,8-10,12H2,1-4H3/t17-,18-,19+,20?,21+,22?/m1/s1. The molecule has 0 radical (unpaired) electrons. The summed E-state index contributed by atoms with van der Waals surface area (Å²) in [5, 5.41) is 3.72. The van der Waals surface area contributed by atoms with Crippen LogP contribution in [-0.2, 0) is 6.42 Å². The first kappa shape index (κ1) is 15.7. The van der Waals surface area contributed by atoms with Crippen LogP contribution in [-0.4, -0.2) is 13.1 Å². The maximum absolute atomic E-state index is 3.72. The van der Waals surface area contributed by atoms with E-state index in [9.17, 15) is 0 Å². The van der Waals surface area contributed by atoms with Gasteiger partial charge in [-0.15, -0.1) is 0 Å². The van der Waals surface area contributed by atoms with Gasteiger partial charge >= 0.3 is 0 Å². The van der Waals surface area contributed by atoms with E-state index in [1.165, 1.54) is 37.7 Å². The number of rotatable bonds is 2. The van der Waals surface area contributed by atoms with Crippen molar-refractivity contribution in [3.05, 3.63) is 34.9 Å². The first-order valence-electron chi connectivity index (χ1n) is 9.86. The second-order valence-corrected chi connectivity index (χ2v) is 8.87. The van der Waals surface area contributed by atoms with Crippen molar-refractivity contribution >= 4 is 0 Å². The van der Waals surface area contributed by atoms with Gasteiger partial charge in [0.15, 0.2) is 0 Å². The highest BCUT2D eigenvalue weighted by Gasteiger charge is 2.51. The van der Waals surface area contributed by atoms with Crippen LogP contribution in [0.25, 0.3) is 0 Å². The van der Waals surface area contributed by atoms with Crippen LogP contribution in [0, 0.1) is 36.5 Å². The van der Waals surface area contributed by atoms with Crippen molar-refractivity contribution in [3.63, 3.8) is 0 Å². The van der Waals surface area contributed by atoms with Crippen molar-refractivity contribution < 1.29 is 0 Å². The zero-order valence-corrected chi connectivity index (χ0v) is 15.3. The molecule has 23 heavy (non-hydrogen) atoms. The van der Waals surface area contributed by atoms with Crippen molar-refractivity contribution in [2.45, 2.75) is 64.8 Å². The third-order valence-electron chi connectivity index (χ3n) is 7.53. The first-order chi connectivity index (χ1) is 11.1. The van der Waals surface area contributed by atoms with Crippen LogP contribution in [0.2, 0.25) is 0 Å². The summed E-state index contributed by atoms with van der Waals surface area (Å²) in [5.41, 5.74) is 4.81. The molecule has 6 atom stereocenters. The normalized spacial score (nSPS) is 39.0. The molecule has 1 N–H and O–H groups in total. The lowest BCUT2D eigenvalue weighted by atomic mass is 9.60. The predicted octanol–water partition coefficient (Wildman–Crippen LogP) is 4.93. The van der Waals surface area contributed by atoms with Crippen molar-refractivity contribution in [2.24, 2.45) is 29.6 Å². The van der Waals surface area contributed by atoms with E-state index in [1.54, 1.807) is 11.1 Å². The number of benzene rings is 1. The number of hydrogen-bond acceptors (Lipinski definition) is 1.